The summed E-state index contributed by atoms with van der Waals surface area (Å²) in [5.41, 5.74) is 2.67. The average molecular weight is 443 g/mol. The number of fused-ring (bicyclic) bond motifs is 2. The van der Waals surface area contributed by atoms with Gasteiger partial charge in [-0.25, -0.2) is 22.9 Å². The third kappa shape index (κ3) is 3.40. The van der Waals surface area contributed by atoms with Gasteiger partial charge in [-0.1, -0.05) is 0 Å². The van der Waals surface area contributed by atoms with Crippen molar-refractivity contribution in [2.75, 3.05) is 31.8 Å². The van der Waals surface area contributed by atoms with E-state index in [2.05, 4.69) is 5.10 Å². The minimum Gasteiger partial charge on any atom is -0.486 e. The molecule has 0 radical (unpaired) electrons. The number of hydrogen-bond donors (Lipinski definition) is 0. The predicted octanol–water partition coefficient (Wildman–Crippen LogP) is 2.32. The molecule has 4 heterocycles. The van der Waals surface area contributed by atoms with E-state index < -0.39 is 15.8 Å². The van der Waals surface area contributed by atoms with Crippen molar-refractivity contribution < 1.29 is 27.4 Å². The summed E-state index contributed by atoms with van der Waals surface area (Å²) in [5, 5.41) is 5.12. The van der Waals surface area contributed by atoms with Crippen LogP contribution in [0.4, 0.5) is 0 Å². The second-order valence-corrected chi connectivity index (χ2v) is 9.92. The van der Waals surface area contributed by atoms with Crippen molar-refractivity contribution in [3.05, 3.63) is 35.5 Å². The maximum Gasteiger partial charge on any atom is 0.338 e. The zero-order valence-electron chi connectivity index (χ0n) is 17.1. The number of nitrogens with zero attached hydrogens (tertiary/aromatic N) is 3. The van der Waals surface area contributed by atoms with Crippen LogP contribution in [0.25, 0.3) is 22.3 Å². The number of rotatable bonds is 3. The molecule has 1 fully saturated rings. The summed E-state index contributed by atoms with van der Waals surface area (Å²) in [6.45, 7) is 2.73. The molecular weight excluding hydrogens is 422 g/mol. The van der Waals surface area contributed by atoms with E-state index in [1.165, 1.54) is 7.11 Å². The fraction of sp³-hybridized carbons (Fsp3) is 0.381. The van der Waals surface area contributed by atoms with Crippen molar-refractivity contribution >= 4 is 26.8 Å². The second-order valence-electron chi connectivity index (χ2n) is 7.69. The molecule has 9 nitrogen and oxygen atoms in total. The largest absolute Gasteiger partial charge is 0.486 e. The van der Waals surface area contributed by atoms with E-state index in [0.717, 1.165) is 5.56 Å². The fourth-order valence-electron chi connectivity index (χ4n) is 4.16. The number of carbonyl (C=O) groups is 1. The summed E-state index contributed by atoms with van der Waals surface area (Å²) in [5.74, 6) is 0.877. The molecule has 0 aliphatic carbocycles. The molecule has 3 aromatic rings. The smallest absolute Gasteiger partial charge is 0.338 e. The Labute approximate surface area is 178 Å². The highest BCUT2D eigenvalue weighted by molar-refractivity contribution is 7.91. The van der Waals surface area contributed by atoms with E-state index in [4.69, 9.17) is 19.2 Å². The highest BCUT2D eigenvalue weighted by Gasteiger charge is 2.32. The van der Waals surface area contributed by atoms with Crippen LogP contribution in [0.5, 0.6) is 11.5 Å². The van der Waals surface area contributed by atoms with Gasteiger partial charge in [0.05, 0.1) is 47.0 Å². The van der Waals surface area contributed by atoms with Gasteiger partial charge in [0, 0.05) is 5.56 Å². The second kappa shape index (κ2) is 7.23. The molecule has 0 amide bonds. The maximum absolute atomic E-state index is 12.6. The lowest BCUT2D eigenvalue weighted by molar-refractivity contribution is 0.0603. The van der Waals surface area contributed by atoms with Gasteiger partial charge in [-0.05, 0) is 37.6 Å². The van der Waals surface area contributed by atoms with Crippen molar-refractivity contribution in [2.45, 2.75) is 19.4 Å². The minimum absolute atomic E-state index is 0.00666. The summed E-state index contributed by atoms with van der Waals surface area (Å²) in [4.78, 5) is 17.4. The number of carbonyl (C=O) groups excluding carboxylic acids is 1. The van der Waals surface area contributed by atoms with Crippen LogP contribution >= 0.6 is 0 Å². The number of hydrogen-bond acceptors (Lipinski definition) is 8. The van der Waals surface area contributed by atoms with Gasteiger partial charge < -0.3 is 14.2 Å². The third-order valence-electron chi connectivity index (χ3n) is 5.63. The monoisotopic (exact) mass is 443 g/mol. The molecule has 2 aliphatic rings. The Balaban J connectivity index is 1.71. The lowest BCUT2D eigenvalue weighted by Gasteiger charge is -2.19. The van der Waals surface area contributed by atoms with E-state index in [9.17, 15) is 13.2 Å². The standard InChI is InChI=1S/C21H21N3O6S/c1-12-19-15(21(25)28-2)10-16(13-3-4-17-18(9-13)30-7-6-29-17)22-20(19)24(23-12)14-5-8-31(26,27)11-14/h3-4,9-10,14H,5-8,11H2,1-2H3/t14-/m1/s1. The van der Waals surface area contributed by atoms with E-state index in [0.29, 0.717) is 59.1 Å². The predicted molar refractivity (Wildman–Crippen MR) is 112 cm³/mol. The van der Waals surface area contributed by atoms with Crippen molar-refractivity contribution in [3.63, 3.8) is 0 Å². The summed E-state index contributed by atoms with van der Waals surface area (Å²) in [6, 6.07) is 6.81. The van der Waals surface area contributed by atoms with Gasteiger partial charge in [0.1, 0.15) is 13.2 Å². The Morgan fingerprint density at radius 3 is 2.68 bits per heavy atom. The van der Waals surface area contributed by atoms with Crippen LogP contribution in [0, 0.1) is 6.92 Å². The molecule has 0 unspecified atom stereocenters. The number of benzene rings is 1. The zero-order chi connectivity index (χ0) is 21.8. The van der Waals surface area contributed by atoms with E-state index in [-0.39, 0.29) is 17.5 Å². The molecular formula is C21H21N3O6S. The van der Waals surface area contributed by atoms with Crippen molar-refractivity contribution in [1.82, 2.24) is 14.8 Å². The van der Waals surface area contributed by atoms with Crippen LogP contribution < -0.4 is 9.47 Å². The molecule has 1 atom stereocenters. The first-order valence-electron chi connectivity index (χ1n) is 9.95. The fourth-order valence-corrected chi connectivity index (χ4v) is 5.85. The summed E-state index contributed by atoms with van der Waals surface area (Å²) >= 11 is 0. The molecule has 31 heavy (non-hydrogen) atoms. The lowest BCUT2D eigenvalue weighted by atomic mass is 10.0. The topological polar surface area (TPSA) is 110 Å². The van der Waals surface area contributed by atoms with Crippen LogP contribution in [-0.4, -0.2) is 61.0 Å². The van der Waals surface area contributed by atoms with Gasteiger partial charge in [-0.2, -0.15) is 5.10 Å². The third-order valence-corrected chi connectivity index (χ3v) is 7.38. The zero-order valence-corrected chi connectivity index (χ0v) is 17.9. The number of sulfone groups is 1. The van der Waals surface area contributed by atoms with Crippen molar-refractivity contribution in [3.8, 4) is 22.8 Å². The molecule has 0 N–H and O–H groups in total. The summed E-state index contributed by atoms with van der Waals surface area (Å²) in [7, 11) is -1.80. The highest BCUT2D eigenvalue weighted by Crippen LogP contribution is 2.36. The molecule has 10 heteroatoms. The van der Waals surface area contributed by atoms with Crippen LogP contribution in [0.1, 0.15) is 28.5 Å². The van der Waals surface area contributed by atoms with Crippen LogP contribution in [0.3, 0.4) is 0 Å². The first-order valence-corrected chi connectivity index (χ1v) is 11.8. The van der Waals surface area contributed by atoms with E-state index in [1.54, 1.807) is 23.7 Å². The van der Waals surface area contributed by atoms with Gasteiger partial charge in [-0.3, -0.25) is 0 Å². The number of pyridine rings is 1. The number of methoxy groups -OCH3 is 1. The normalized spacial score (nSPS) is 19.5. The first kappa shape index (κ1) is 19.8. The molecule has 0 bridgehead atoms. The Morgan fingerprint density at radius 2 is 1.97 bits per heavy atom. The number of ether oxygens (including phenoxy) is 3. The quantitative estimate of drug-likeness (QED) is 0.568. The van der Waals surface area contributed by atoms with Crippen LogP contribution in [-0.2, 0) is 14.6 Å². The Morgan fingerprint density at radius 1 is 1.19 bits per heavy atom. The summed E-state index contributed by atoms with van der Waals surface area (Å²) in [6.07, 6.45) is 0.460. The van der Waals surface area contributed by atoms with Crippen molar-refractivity contribution in [2.24, 2.45) is 0 Å². The number of aryl methyl sites for hydroxylation is 1. The minimum atomic E-state index is -3.12. The Bertz CT molecular complexity index is 1310. The Hall–Kier alpha value is -3.14. The SMILES string of the molecule is COC(=O)c1cc(-c2ccc3c(c2)OCCO3)nc2c1c(C)nn2[C@@H]1CCS(=O)(=O)C1. The molecule has 1 aromatic carbocycles. The van der Waals surface area contributed by atoms with Crippen molar-refractivity contribution in [1.29, 1.82) is 0 Å². The number of esters is 1. The van der Waals surface area contributed by atoms with E-state index >= 15 is 0 Å². The van der Waals surface area contributed by atoms with Gasteiger partial charge in [0.15, 0.2) is 27.0 Å². The number of aromatic nitrogens is 3. The molecule has 2 aromatic heterocycles. The molecule has 1 saturated heterocycles. The first-order chi connectivity index (χ1) is 14.9. The molecule has 5 rings (SSSR count). The average Bonchev–Trinajstić information content (AvgIpc) is 3.31. The maximum atomic E-state index is 12.6. The highest BCUT2D eigenvalue weighted by atomic mass is 32.2. The lowest BCUT2D eigenvalue weighted by Crippen LogP contribution is -2.15. The van der Waals surface area contributed by atoms with Gasteiger partial charge in [0.2, 0.25) is 0 Å². The van der Waals surface area contributed by atoms with Crippen LogP contribution in [0.15, 0.2) is 24.3 Å². The molecule has 162 valence electrons. The Kier molecular flexibility index (Phi) is 4.62. The van der Waals surface area contributed by atoms with E-state index in [1.807, 2.05) is 12.1 Å². The molecule has 0 spiro atoms. The van der Waals surface area contributed by atoms with Crippen LogP contribution in [0.2, 0.25) is 0 Å². The molecule has 0 saturated carbocycles. The van der Waals surface area contributed by atoms with Gasteiger partial charge >= 0.3 is 5.97 Å². The van der Waals surface area contributed by atoms with Gasteiger partial charge in [0.25, 0.3) is 0 Å². The van der Waals surface area contributed by atoms with Gasteiger partial charge in [-0.15, -0.1) is 0 Å². The summed E-state index contributed by atoms with van der Waals surface area (Å²) < 4.78 is 42.0. The molecule has 2 aliphatic heterocycles.